The van der Waals surface area contributed by atoms with E-state index >= 15 is 0 Å². The summed E-state index contributed by atoms with van der Waals surface area (Å²) in [7, 11) is 5.14. The van der Waals surface area contributed by atoms with Gasteiger partial charge in [0.2, 0.25) is 0 Å². The Morgan fingerprint density at radius 2 is 2.08 bits per heavy atom. The number of benzene rings is 1. The summed E-state index contributed by atoms with van der Waals surface area (Å²) in [6, 6.07) is 5.71. The third-order valence-corrected chi connectivity index (χ3v) is 4.78. The monoisotopic (exact) mass is 329 g/mol. The van der Waals surface area contributed by atoms with Crippen molar-refractivity contribution in [2.24, 2.45) is 7.05 Å². The lowest BCUT2D eigenvalue weighted by molar-refractivity contribution is 0.0733. The number of ether oxygens (including phenoxy) is 2. The van der Waals surface area contributed by atoms with Gasteiger partial charge < -0.3 is 14.4 Å². The molecule has 1 unspecified atom stereocenters. The molecule has 3 rings (SSSR count). The van der Waals surface area contributed by atoms with Gasteiger partial charge in [-0.2, -0.15) is 5.10 Å². The third-order valence-electron chi connectivity index (χ3n) is 4.78. The molecule has 2 heterocycles. The Bertz CT molecular complexity index is 754. The zero-order valence-corrected chi connectivity index (χ0v) is 14.6. The van der Waals surface area contributed by atoms with Crippen LogP contribution < -0.4 is 9.47 Å². The molecule has 0 bridgehead atoms. The predicted molar refractivity (Wildman–Crippen MR) is 90.5 cm³/mol. The van der Waals surface area contributed by atoms with E-state index in [9.17, 15) is 4.79 Å². The van der Waals surface area contributed by atoms with E-state index in [0.29, 0.717) is 5.56 Å². The molecule has 1 saturated heterocycles. The molecule has 0 aliphatic carbocycles. The molecule has 0 saturated carbocycles. The number of hydrogen-bond acceptors (Lipinski definition) is 4. The minimum Gasteiger partial charge on any atom is -0.497 e. The van der Waals surface area contributed by atoms with Crippen LogP contribution in [0.3, 0.4) is 0 Å². The Morgan fingerprint density at radius 1 is 1.29 bits per heavy atom. The van der Waals surface area contributed by atoms with Gasteiger partial charge >= 0.3 is 0 Å². The van der Waals surface area contributed by atoms with Gasteiger partial charge in [0.05, 0.1) is 32.0 Å². The largest absolute Gasteiger partial charge is 0.497 e. The molecule has 2 aromatic rings. The van der Waals surface area contributed by atoms with Crippen LogP contribution >= 0.6 is 0 Å². The second-order valence-electron chi connectivity index (χ2n) is 6.03. The van der Waals surface area contributed by atoms with Crippen LogP contribution in [-0.2, 0) is 7.05 Å². The second-order valence-corrected chi connectivity index (χ2v) is 6.03. The number of methoxy groups -OCH3 is 2. The van der Waals surface area contributed by atoms with E-state index in [1.54, 1.807) is 25.1 Å². The van der Waals surface area contributed by atoms with E-state index in [-0.39, 0.29) is 11.9 Å². The SMILES string of the molecule is COc1ccc(OC)c(C2CCCN2C(=O)c2cnn(C)c2C)c1. The molecule has 1 aliphatic heterocycles. The molecule has 6 nitrogen and oxygen atoms in total. The standard InChI is InChI=1S/C18H23N3O3/c1-12-15(11-19-20(12)2)18(22)21-9-5-6-16(21)14-10-13(23-3)7-8-17(14)24-4/h7-8,10-11,16H,5-6,9H2,1-4H3. The quantitative estimate of drug-likeness (QED) is 0.865. The first-order valence-corrected chi connectivity index (χ1v) is 8.08. The normalized spacial score (nSPS) is 17.2. The van der Waals surface area contributed by atoms with E-state index < -0.39 is 0 Å². The maximum Gasteiger partial charge on any atom is 0.257 e. The van der Waals surface area contributed by atoms with Gasteiger partial charge in [-0.25, -0.2) is 0 Å². The summed E-state index contributed by atoms with van der Waals surface area (Å²) in [5.74, 6) is 1.57. The average molecular weight is 329 g/mol. The zero-order chi connectivity index (χ0) is 17.3. The van der Waals surface area contributed by atoms with Crippen molar-refractivity contribution < 1.29 is 14.3 Å². The smallest absolute Gasteiger partial charge is 0.257 e. The summed E-state index contributed by atoms with van der Waals surface area (Å²) in [4.78, 5) is 14.9. The van der Waals surface area contributed by atoms with Crippen LogP contribution in [0.5, 0.6) is 11.5 Å². The van der Waals surface area contributed by atoms with Crippen molar-refractivity contribution in [1.82, 2.24) is 14.7 Å². The summed E-state index contributed by atoms with van der Waals surface area (Å²) in [5.41, 5.74) is 2.53. The van der Waals surface area contributed by atoms with Gasteiger partial charge in [-0.3, -0.25) is 9.48 Å². The number of carbonyl (C=O) groups is 1. The lowest BCUT2D eigenvalue weighted by Crippen LogP contribution is -2.31. The van der Waals surface area contributed by atoms with Gasteiger partial charge in [0.15, 0.2) is 0 Å². The zero-order valence-electron chi connectivity index (χ0n) is 14.6. The summed E-state index contributed by atoms with van der Waals surface area (Å²) in [6.07, 6.45) is 3.53. The Labute approximate surface area is 142 Å². The number of likely N-dealkylation sites (tertiary alicyclic amines) is 1. The van der Waals surface area contributed by atoms with Gasteiger partial charge in [-0.1, -0.05) is 0 Å². The van der Waals surface area contributed by atoms with Crippen LogP contribution in [0.1, 0.15) is 40.5 Å². The molecule has 6 heteroatoms. The number of rotatable bonds is 4. The molecule has 1 aliphatic rings. The molecule has 24 heavy (non-hydrogen) atoms. The lowest BCUT2D eigenvalue weighted by atomic mass is 10.0. The first-order chi connectivity index (χ1) is 11.6. The second kappa shape index (κ2) is 6.55. The minimum atomic E-state index is -0.0119. The van der Waals surface area contributed by atoms with E-state index in [4.69, 9.17) is 9.47 Å². The van der Waals surface area contributed by atoms with Crippen LogP contribution in [0.2, 0.25) is 0 Å². The van der Waals surface area contributed by atoms with Crippen molar-refractivity contribution in [3.05, 3.63) is 41.2 Å². The van der Waals surface area contributed by atoms with Gasteiger partial charge in [0.1, 0.15) is 11.5 Å². The van der Waals surface area contributed by atoms with Gasteiger partial charge in [0.25, 0.3) is 5.91 Å². The van der Waals surface area contributed by atoms with Crippen LogP contribution in [0.25, 0.3) is 0 Å². The Morgan fingerprint density at radius 3 is 2.71 bits per heavy atom. The first-order valence-electron chi connectivity index (χ1n) is 8.08. The van der Waals surface area contributed by atoms with E-state index in [0.717, 1.165) is 42.1 Å². The summed E-state index contributed by atoms with van der Waals surface area (Å²) >= 11 is 0. The summed E-state index contributed by atoms with van der Waals surface area (Å²) in [5, 5.41) is 4.19. The van der Waals surface area contributed by atoms with Crippen LogP contribution in [0, 0.1) is 6.92 Å². The van der Waals surface area contributed by atoms with Crippen molar-refractivity contribution in [2.75, 3.05) is 20.8 Å². The first kappa shape index (κ1) is 16.4. The van der Waals surface area contributed by atoms with E-state index in [1.165, 1.54) is 0 Å². The molecule has 0 radical (unpaired) electrons. The van der Waals surface area contributed by atoms with E-state index in [1.807, 2.05) is 37.1 Å². The summed E-state index contributed by atoms with van der Waals surface area (Å²) < 4.78 is 12.6. The Kier molecular flexibility index (Phi) is 4.46. The van der Waals surface area contributed by atoms with Gasteiger partial charge in [0, 0.05) is 24.8 Å². The van der Waals surface area contributed by atoms with Crippen LogP contribution in [0.4, 0.5) is 0 Å². The Hall–Kier alpha value is -2.50. The minimum absolute atomic E-state index is 0.0119. The number of carbonyl (C=O) groups excluding carboxylic acids is 1. The van der Waals surface area contributed by atoms with Crippen molar-refractivity contribution in [1.29, 1.82) is 0 Å². The highest BCUT2D eigenvalue weighted by atomic mass is 16.5. The number of amides is 1. The highest BCUT2D eigenvalue weighted by Crippen LogP contribution is 2.39. The van der Waals surface area contributed by atoms with Crippen molar-refractivity contribution in [3.63, 3.8) is 0 Å². The van der Waals surface area contributed by atoms with Crippen molar-refractivity contribution in [2.45, 2.75) is 25.8 Å². The maximum atomic E-state index is 13.0. The molecule has 1 amide bonds. The predicted octanol–water partition coefficient (Wildman–Crippen LogP) is 2.72. The Balaban J connectivity index is 1.96. The highest BCUT2D eigenvalue weighted by Gasteiger charge is 2.33. The van der Waals surface area contributed by atoms with Gasteiger partial charge in [-0.05, 0) is 38.0 Å². The topological polar surface area (TPSA) is 56.6 Å². The third kappa shape index (κ3) is 2.72. The van der Waals surface area contributed by atoms with Crippen molar-refractivity contribution in [3.8, 4) is 11.5 Å². The fourth-order valence-corrected chi connectivity index (χ4v) is 3.30. The number of nitrogens with zero attached hydrogens (tertiary/aromatic N) is 3. The van der Waals surface area contributed by atoms with Crippen LogP contribution in [0.15, 0.2) is 24.4 Å². The fraction of sp³-hybridized carbons (Fsp3) is 0.444. The highest BCUT2D eigenvalue weighted by molar-refractivity contribution is 5.95. The number of hydrogen-bond donors (Lipinski definition) is 0. The molecule has 1 atom stereocenters. The number of aromatic nitrogens is 2. The molecule has 1 fully saturated rings. The van der Waals surface area contributed by atoms with Crippen LogP contribution in [-0.4, -0.2) is 41.4 Å². The molecular weight excluding hydrogens is 306 g/mol. The molecule has 0 spiro atoms. The maximum absolute atomic E-state index is 13.0. The average Bonchev–Trinajstić information content (AvgIpc) is 3.21. The molecule has 1 aromatic heterocycles. The summed E-state index contributed by atoms with van der Waals surface area (Å²) in [6.45, 7) is 2.65. The lowest BCUT2D eigenvalue weighted by Gasteiger charge is -2.26. The van der Waals surface area contributed by atoms with E-state index in [2.05, 4.69) is 5.10 Å². The number of aryl methyl sites for hydroxylation is 1. The van der Waals surface area contributed by atoms with Gasteiger partial charge in [-0.15, -0.1) is 0 Å². The van der Waals surface area contributed by atoms with Crippen molar-refractivity contribution >= 4 is 5.91 Å². The fourth-order valence-electron chi connectivity index (χ4n) is 3.30. The molecular formula is C18H23N3O3. The molecule has 0 N–H and O–H groups in total. The molecule has 128 valence electrons. The molecule has 1 aromatic carbocycles.